The van der Waals surface area contributed by atoms with Crippen LogP contribution in [-0.4, -0.2) is 55.5 Å². The zero-order chi connectivity index (χ0) is 23.4. The minimum atomic E-state index is -3.52. The second kappa shape index (κ2) is 9.96. The smallest absolute Gasteiger partial charge is 0.252 e. The molecule has 1 aliphatic rings. The van der Waals surface area contributed by atoms with Crippen molar-refractivity contribution < 1.29 is 18.0 Å². The van der Waals surface area contributed by atoms with Crippen LogP contribution < -0.4 is 5.32 Å². The van der Waals surface area contributed by atoms with Gasteiger partial charge in [0.25, 0.3) is 10.0 Å². The zero-order valence-corrected chi connectivity index (χ0v) is 19.8. The summed E-state index contributed by atoms with van der Waals surface area (Å²) in [5.74, 6) is -0.301. The van der Waals surface area contributed by atoms with Crippen LogP contribution in [0.15, 0.2) is 76.3 Å². The van der Waals surface area contributed by atoms with Crippen LogP contribution >= 0.6 is 11.3 Å². The Morgan fingerprint density at radius 3 is 2.30 bits per heavy atom. The summed E-state index contributed by atoms with van der Waals surface area (Å²) in [4.78, 5) is 27.1. The maximum absolute atomic E-state index is 13.4. The molecule has 1 aromatic heterocycles. The molecule has 2 aromatic carbocycles. The van der Waals surface area contributed by atoms with Crippen LogP contribution in [0.5, 0.6) is 0 Å². The van der Waals surface area contributed by atoms with Crippen LogP contribution in [0.2, 0.25) is 0 Å². The van der Waals surface area contributed by atoms with Gasteiger partial charge in [-0.25, -0.2) is 8.42 Å². The molecule has 1 fully saturated rings. The minimum absolute atomic E-state index is 0.0752. The van der Waals surface area contributed by atoms with Crippen molar-refractivity contribution in [2.75, 3.05) is 31.5 Å². The Kier molecular flexibility index (Phi) is 7.04. The summed E-state index contributed by atoms with van der Waals surface area (Å²) in [7, 11) is -3.52. The quantitative estimate of drug-likeness (QED) is 0.519. The Balaban J connectivity index is 1.53. The zero-order valence-electron chi connectivity index (χ0n) is 18.2. The number of piperazine rings is 1. The van der Waals surface area contributed by atoms with E-state index in [2.05, 4.69) is 5.32 Å². The molecule has 9 heteroatoms. The number of nitrogens with one attached hydrogen (secondary N) is 1. The fourth-order valence-corrected chi connectivity index (χ4v) is 6.50. The number of hydrogen-bond acceptors (Lipinski definition) is 6. The molecule has 1 atom stereocenters. The van der Waals surface area contributed by atoms with Crippen LogP contribution in [-0.2, 0) is 14.8 Å². The van der Waals surface area contributed by atoms with Gasteiger partial charge in [-0.2, -0.15) is 4.31 Å². The fraction of sp³-hybridized carbons (Fsp3) is 0.250. The largest absolute Gasteiger partial charge is 0.324 e. The van der Waals surface area contributed by atoms with E-state index in [1.807, 2.05) is 35.2 Å². The third-order valence-corrected chi connectivity index (χ3v) is 8.90. The molecular weight excluding hydrogens is 458 g/mol. The van der Waals surface area contributed by atoms with Crippen molar-refractivity contribution in [1.82, 2.24) is 9.21 Å². The van der Waals surface area contributed by atoms with E-state index in [0.29, 0.717) is 41.6 Å². The topological polar surface area (TPSA) is 86.8 Å². The van der Waals surface area contributed by atoms with Crippen molar-refractivity contribution in [2.24, 2.45) is 0 Å². The standard InChI is InChI=1S/C24H25N3O4S2/c1-18(28)20-9-5-10-21(17-20)25-24(29)23(19-7-3-2-4-8-19)26-12-14-27(15-13-26)33(30,31)22-11-6-16-32-22/h2-11,16-17,23H,12-15H2,1H3,(H,25,29)/t23-/m0/s1. The molecule has 0 bridgehead atoms. The van der Waals surface area contributed by atoms with E-state index < -0.39 is 16.1 Å². The summed E-state index contributed by atoms with van der Waals surface area (Å²) in [6, 6.07) is 19.0. The minimum Gasteiger partial charge on any atom is -0.324 e. The highest BCUT2D eigenvalue weighted by molar-refractivity contribution is 7.91. The van der Waals surface area contributed by atoms with Gasteiger partial charge in [-0.05, 0) is 36.1 Å². The van der Waals surface area contributed by atoms with E-state index in [1.54, 1.807) is 41.8 Å². The van der Waals surface area contributed by atoms with Gasteiger partial charge in [0.05, 0.1) is 0 Å². The van der Waals surface area contributed by atoms with Gasteiger partial charge in [0.1, 0.15) is 10.3 Å². The van der Waals surface area contributed by atoms with Crippen LogP contribution in [0.25, 0.3) is 0 Å². The van der Waals surface area contributed by atoms with Crippen molar-refractivity contribution in [3.05, 3.63) is 83.2 Å². The lowest BCUT2D eigenvalue weighted by atomic mass is 10.0. The van der Waals surface area contributed by atoms with Crippen molar-refractivity contribution >= 4 is 38.7 Å². The molecule has 0 radical (unpaired) electrons. The SMILES string of the molecule is CC(=O)c1cccc(NC(=O)[C@H](c2ccccc2)N2CCN(S(=O)(=O)c3cccs3)CC2)c1. The Hall–Kier alpha value is -2.85. The summed E-state index contributed by atoms with van der Waals surface area (Å²) in [5.41, 5.74) is 1.90. The summed E-state index contributed by atoms with van der Waals surface area (Å²) in [6.45, 7) is 2.93. The summed E-state index contributed by atoms with van der Waals surface area (Å²) < 4.78 is 27.5. The molecule has 1 aliphatic heterocycles. The number of carbonyl (C=O) groups is 2. The van der Waals surface area contributed by atoms with Gasteiger partial charge in [-0.3, -0.25) is 14.5 Å². The monoisotopic (exact) mass is 483 g/mol. The first-order valence-electron chi connectivity index (χ1n) is 10.6. The number of rotatable bonds is 7. The lowest BCUT2D eigenvalue weighted by molar-refractivity contribution is -0.122. The van der Waals surface area contributed by atoms with E-state index in [9.17, 15) is 18.0 Å². The van der Waals surface area contributed by atoms with Gasteiger partial charge in [0, 0.05) is 37.4 Å². The maximum atomic E-state index is 13.4. The predicted molar refractivity (Wildman–Crippen MR) is 129 cm³/mol. The number of amides is 1. The second-order valence-corrected chi connectivity index (χ2v) is 10.9. The predicted octanol–water partition coefficient (Wildman–Crippen LogP) is 3.64. The average molecular weight is 484 g/mol. The Labute approximate surface area is 197 Å². The molecule has 0 spiro atoms. The van der Waals surface area contributed by atoms with Gasteiger partial charge in [0.2, 0.25) is 5.91 Å². The summed E-state index contributed by atoms with van der Waals surface area (Å²) in [6.07, 6.45) is 0. The van der Waals surface area contributed by atoms with Crippen LogP contribution in [0.4, 0.5) is 5.69 Å². The molecule has 4 rings (SSSR count). The number of hydrogen-bond donors (Lipinski definition) is 1. The number of carbonyl (C=O) groups excluding carboxylic acids is 2. The van der Waals surface area contributed by atoms with Gasteiger partial charge < -0.3 is 5.32 Å². The van der Waals surface area contributed by atoms with Crippen LogP contribution in [0.1, 0.15) is 28.9 Å². The van der Waals surface area contributed by atoms with Crippen molar-refractivity contribution in [3.8, 4) is 0 Å². The van der Waals surface area contributed by atoms with Gasteiger partial charge in [0.15, 0.2) is 5.78 Å². The Morgan fingerprint density at radius 1 is 0.939 bits per heavy atom. The summed E-state index contributed by atoms with van der Waals surface area (Å²) >= 11 is 1.21. The first-order chi connectivity index (χ1) is 15.9. The molecule has 172 valence electrons. The average Bonchev–Trinajstić information content (AvgIpc) is 3.36. The van der Waals surface area contributed by atoms with Gasteiger partial charge >= 0.3 is 0 Å². The van der Waals surface area contributed by atoms with Crippen molar-refractivity contribution in [1.29, 1.82) is 0 Å². The number of thiophene rings is 1. The highest BCUT2D eigenvalue weighted by atomic mass is 32.2. The highest BCUT2D eigenvalue weighted by Gasteiger charge is 2.34. The number of ketones is 1. The first-order valence-corrected chi connectivity index (χ1v) is 12.9. The number of anilines is 1. The molecule has 2 heterocycles. The Bertz CT molecular complexity index is 1220. The maximum Gasteiger partial charge on any atom is 0.252 e. The van der Waals surface area contributed by atoms with E-state index in [0.717, 1.165) is 5.56 Å². The van der Waals surface area contributed by atoms with Crippen LogP contribution in [0.3, 0.4) is 0 Å². The molecule has 1 N–H and O–H groups in total. The molecule has 3 aromatic rings. The second-order valence-electron chi connectivity index (χ2n) is 7.81. The highest BCUT2D eigenvalue weighted by Crippen LogP contribution is 2.27. The third kappa shape index (κ3) is 5.22. The molecule has 0 saturated carbocycles. The Morgan fingerprint density at radius 2 is 1.67 bits per heavy atom. The van der Waals surface area contributed by atoms with E-state index in [4.69, 9.17) is 0 Å². The third-order valence-electron chi connectivity index (χ3n) is 5.63. The number of sulfonamides is 1. The molecule has 7 nitrogen and oxygen atoms in total. The molecular formula is C24H25N3O4S2. The lowest BCUT2D eigenvalue weighted by Gasteiger charge is -2.38. The van der Waals surface area contributed by atoms with Crippen molar-refractivity contribution in [3.63, 3.8) is 0 Å². The number of nitrogens with zero attached hydrogens (tertiary/aromatic N) is 2. The van der Waals surface area contributed by atoms with E-state index >= 15 is 0 Å². The van der Waals surface area contributed by atoms with Crippen molar-refractivity contribution in [2.45, 2.75) is 17.2 Å². The normalized spacial score (nSPS) is 16.3. The molecule has 1 amide bonds. The van der Waals surface area contributed by atoms with E-state index in [1.165, 1.54) is 22.6 Å². The molecule has 0 aliphatic carbocycles. The van der Waals surface area contributed by atoms with E-state index in [-0.39, 0.29) is 11.7 Å². The van der Waals surface area contributed by atoms with Crippen LogP contribution in [0, 0.1) is 0 Å². The molecule has 33 heavy (non-hydrogen) atoms. The van der Waals surface area contributed by atoms with Gasteiger partial charge in [-0.15, -0.1) is 11.3 Å². The van der Waals surface area contributed by atoms with Gasteiger partial charge in [-0.1, -0.05) is 48.5 Å². The fourth-order valence-electron chi connectivity index (χ4n) is 3.93. The lowest BCUT2D eigenvalue weighted by Crippen LogP contribution is -2.51. The summed E-state index contributed by atoms with van der Waals surface area (Å²) in [5, 5.41) is 4.68. The number of Topliss-reactive ketones (excluding diaryl/α,β-unsaturated/α-hetero) is 1. The first kappa shape index (κ1) is 23.3. The number of benzene rings is 2. The molecule has 0 unspecified atom stereocenters. The molecule has 1 saturated heterocycles.